The summed E-state index contributed by atoms with van der Waals surface area (Å²) in [4.78, 5) is 19.7. The van der Waals surface area contributed by atoms with Crippen LogP contribution in [-0.4, -0.2) is 33.5 Å². The number of carbonyl (C=O) groups is 1. The average molecular weight is 304 g/mol. The first-order chi connectivity index (χ1) is 10.2. The largest absolute Gasteiger partial charge is 0.394 e. The van der Waals surface area contributed by atoms with Gasteiger partial charge in [-0.3, -0.25) is 9.78 Å². The van der Waals surface area contributed by atoms with Crippen LogP contribution in [0.15, 0.2) is 36.0 Å². The lowest BCUT2D eigenvalue weighted by atomic mass is 10.1. The van der Waals surface area contributed by atoms with E-state index in [0.717, 1.165) is 10.4 Å². The minimum atomic E-state index is -0.181. The van der Waals surface area contributed by atoms with E-state index in [0.29, 0.717) is 18.5 Å². The Labute approximate surface area is 129 Å². The second kappa shape index (κ2) is 7.33. The Balaban J connectivity index is 2.30. The molecule has 2 aromatic heterocycles. The predicted octanol–water partition coefficient (Wildman–Crippen LogP) is 2.86. The minimum Gasteiger partial charge on any atom is -0.394 e. The van der Waals surface area contributed by atoms with E-state index in [1.807, 2.05) is 37.4 Å². The van der Waals surface area contributed by atoms with E-state index < -0.39 is 0 Å². The van der Waals surface area contributed by atoms with Gasteiger partial charge in [-0.15, -0.1) is 11.3 Å². The Bertz CT molecular complexity index is 580. The lowest BCUT2D eigenvalue weighted by Crippen LogP contribution is -2.41. The fraction of sp³-hybridized carbons (Fsp3) is 0.375. The molecule has 0 radical (unpaired) electrons. The molecule has 4 nitrogen and oxygen atoms in total. The number of nitrogens with zero attached hydrogens (tertiary/aromatic N) is 2. The van der Waals surface area contributed by atoms with Crippen molar-refractivity contribution in [1.29, 1.82) is 0 Å². The SMILES string of the molecule is CCC(CO)N(Cc1cccs1)C(=O)c1cnccc1C. The number of aryl methyl sites for hydroxylation is 1. The Morgan fingerprint density at radius 3 is 2.86 bits per heavy atom. The summed E-state index contributed by atoms with van der Waals surface area (Å²) < 4.78 is 0. The molecule has 0 bridgehead atoms. The molecule has 112 valence electrons. The Hall–Kier alpha value is -1.72. The summed E-state index contributed by atoms with van der Waals surface area (Å²) in [7, 11) is 0. The predicted molar refractivity (Wildman–Crippen MR) is 84.3 cm³/mol. The number of aromatic nitrogens is 1. The van der Waals surface area contributed by atoms with Crippen LogP contribution in [0.25, 0.3) is 0 Å². The van der Waals surface area contributed by atoms with E-state index in [-0.39, 0.29) is 18.6 Å². The molecule has 21 heavy (non-hydrogen) atoms. The summed E-state index contributed by atoms with van der Waals surface area (Å²) in [5, 5.41) is 11.6. The lowest BCUT2D eigenvalue weighted by Gasteiger charge is -2.30. The van der Waals surface area contributed by atoms with Crippen LogP contribution in [0, 0.1) is 6.92 Å². The average Bonchev–Trinajstić information content (AvgIpc) is 3.00. The van der Waals surface area contributed by atoms with E-state index >= 15 is 0 Å². The number of hydrogen-bond donors (Lipinski definition) is 1. The van der Waals surface area contributed by atoms with Gasteiger partial charge in [-0.25, -0.2) is 0 Å². The van der Waals surface area contributed by atoms with E-state index in [2.05, 4.69) is 4.98 Å². The summed E-state index contributed by atoms with van der Waals surface area (Å²) in [6.07, 6.45) is 4.00. The maximum Gasteiger partial charge on any atom is 0.256 e. The Kier molecular flexibility index (Phi) is 5.47. The number of thiophene rings is 1. The second-order valence-electron chi connectivity index (χ2n) is 4.95. The van der Waals surface area contributed by atoms with Gasteiger partial charge in [-0.2, -0.15) is 0 Å². The molecule has 0 spiro atoms. The quantitative estimate of drug-likeness (QED) is 0.893. The van der Waals surface area contributed by atoms with E-state index in [1.54, 1.807) is 28.6 Å². The number of aliphatic hydroxyl groups excluding tert-OH is 1. The molecule has 0 saturated heterocycles. The lowest BCUT2D eigenvalue weighted by molar-refractivity contribution is 0.0565. The standard InChI is InChI=1S/C16H20N2O2S/c1-3-13(11-19)18(10-14-5-4-8-21-14)16(20)15-9-17-7-6-12(15)2/h4-9,13,19H,3,10-11H2,1-2H3. The summed E-state index contributed by atoms with van der Waals surface area (Å²) in [5.41, 5.74) is 1.50. The van der Waals surface area contributed by atoms with Crippen molar-refractivity contribution in [1.82, 2.24) is 9.88 Å². The van der Waals surface area contributed by atoms with Crippen molar-refractivity contribution >= 4 is 17.2 Å². The van der Waals surface area contributed by atoms with Gasteiger partial charge in [-0.1, -0.05) is 13.0 Å². The molecule has 0 saturated carbocycles. The van der Waals surface area contributed by atoms with Gasteiger partial charge in [0.1, 0.15) is 0 Å². The summed E-state index contributed by atoms with van der Waals surface area (Å²) in [6.45, 7) is 4.36. The zero-order valence-electron chi connectivity index (χ0n) is 12.3. The van der Waals surface area contributed by atoms with Gasteiger partial charge in [0.15, 0.2) is 0 Å². The first-order valence-electron chi connectivity index (χ1n) is 7.02. The van der Waals surface area contributed by atoms with E-state index in [9.17, 15) is 9.90 Å². The maximum absolute atomic E-state index is 12.8. The molecule has 2 heterocycles. The van der Waals surface area contributed by atoms with Gasteiger partial charge < -0.3 is 10.0 Å². The van der Waals surface area contributed by atoms with E-state index in [4.69, 9.17) is 0 Å². The normalized spacial score (nSPS) is 12.1. The molecule has 0 aliphatic rings. The van der Waals surface area contributed by atoms with Crippen LogP contribution in [0.5, 0.6) is 0 Å². The molecule has 1 amide bonds. The molecular formula is C16H20N2O2S. The third kappa shape index (κ3) is 3.68. The van der Waals surface area contributed by atoms with Crippen LogP contribution in [0.2, 0.25) is 0 Å². The summed E-state index contributed by atoms with van der Waals surface area (Å²) in [5.74, 6) is -0.0742. The van der Waals surface area contributed by atoms with Crippen molar-refractivity contribution < 1.29 is 9.90 Å². The second-order valence-corrected chi connectivity index (χ2v) is 5.98. The van der Waals surface area contributed by atoms with Gasteiger partial charge in [0.25, 0.3) is 5.91 Å². The van der Waals surface area contributed by atoms with Crippen molar-refractivity contribution in [3.05, 3.63) is 52.0 Å². The zero-order valence-corrected chi connectivity index (χ0v) is 13.1. The van der Waals surface area contributed by atoms with Crippen molar-refractivity contribution in [2.75, 3.05) is 6.61 Å². The third-order valence-electron chi connectivity index (χ3n) is 3.56. The zero-order chi connectivity index (χ0) is 15.2. The highest BCUT2D eigenvalue weighted by molar-refractivity contribution is 7.09. The van der Waals surface area contributed by atoms with Crippen molar-refractivity contribution in [2.45, 2.75) is 32.9 Å². The molecule has 0 aliphatic heterocycles. The molecule has 1 N–H and O–H groups in total. The Morgan fingerprint density at radius 2 is 2.29 bits per heavy atom. The summed E-state index contributed by atoms with van der Waals surface area (Å²) in [6, 6.07) is 5.62. The highest BCUT2D eigenvalue weighted by Gasteiger charge is 2.24. The van der Waals surface area contributed by atoms with Crippen molar-refractivity contribution in [3.8, 4) is 0 Å². The van der Waals surface area contributed by atoms with E-state index in [1.165, 1.54) is 0 Å². The highest BCUT2D eigenvalue weighted by atomic mass is 32.1. The number of amides is 1. The molecule has 2 aromatic rings. The van der Waals surface area contributed by atoms with Crippen LogP contribution >= 0.6 is 11.3 Å². The molecule has 0 fully saturated rings. The smallest absolute Gasteiger partial charge is 0.256 e. The topological polar surface area (TPSA) is 53.4 Å². The fourth-order valence-corrected chi connectivity index (χ4v) is 2.93. The number of aliphatic hydroxyl groups is 1. The molecule has 2 rings (SSSR count). The van der Waals surface area contributed by atoms with Crippen LogP contribution < -0.4 is 0 Å². The van der Waals surface area contributed by atoms with Gasteiger partial charge in [0.2, 0.25) is 0 Å². The molecule has 0 aliphatic carbocycles. The van der Waals surface area contributed by atoms with Gasteiger partial charge in [0.05, 0.1) is 24.8 Å². The monoisotopic (exact) mass is 304 g/mol. The van der Waals surface area contributed by atoms with Gasteiger partial charge >= 0.3 is 0 Å². The first-order valence-corrected chi connectivity index (χ1v) is 7.90. The van der Waals surface area contributed by atoms with Crippen LogP contribution in [0.3, 0.4) is 0 Å². The molecule has 5 heteroatoms. The van der Waals surface area contributed by atoms with Crippen LogP contribution in [-0.2, 0) is 6.54 Å². The fourth-order valence-electron chi connectivity index (χ4n) is 2.23. The molecule has 1 atom stereocenters. The van der Waals surface area contributed by atoms with Crippen LogP contribution in [0.1, 0.15) is 34.1 Å². The number of pyridine rings is 1. The third-order valence-corrected chi connectivity index (χ3v) is 4.42. The van der Waals surface area contributed by atoms with Crippen molar-refractivity contribution in [3.63, 3.8) is 0 Å². The number of rotatable bonds is 6. The van der Waals surface area contributed by atoms with Crippen LogP contribution in [0.4, 0.5) is 0 Å². The molecule has 0 aromatic carbocycles. The Morgan fingerprint density at radius 1 is 1.48 bits per heavy atom. The number of carbonyl (C=O) groups excluding carboxylic acids is 1. The summed E-state index contributed by atoms with van der Waals surface area (Å²) >= 11 is 1.62. The molecule has 1 unspecified atom stereocenters. The van der Waals surface area contributed by atoms with Gasteiger partial charge in [-0.05, 0) is 36.4 Å². The van der Waals surface area contributed by atoms with Gasteiger partial charge in [0, 0.05) is 17.3 Å². The highest BCUT2D eigenvalue weighted by Crippen LogP contribution is 2.19. The minimum absolute atomic E-state index is 0.0348. The molecular weight excluding hydrogens is 284 g/mol. The van der Waals surface area contributed by atoms with Crippen molar-refractivity contribution in [2.24, 2.45) is 0 Å². The maximum atomic E-state index is 12.8. The number of hydrogen-bond acceptors (Lipinski definition) is 4. The first kappa shape index (κ1) is 15.7.